The van der Waals surface area contributed by atoms with Gasteiger partial charge in [-0.15, -0.1) is 11.3 Å². The molecule has 1 aliphatic carbocycles. The first-order valence-electron chi connectivity index (χ1n) is 9.10. The van der Waals surface area contributed by atoms with Crippen LogP contribution in [0, 0.1) is 0 Å². The van der Waals surface area contributed by atoms with E-state index in [0.717, 1.165) is 29.3 Å². The summed E-state index contributed by atoms with van der Waals surface area (Å²) in [6.45, 7) is -0.586. The van der Waals surface area contributed by atoms with Gasteiger partial charge in [0.25, 0.3) is 11.8 Å². The van der Waals surface area contributed by atoms with Gasteiger partial charge in [0.05, 0.1) is 0 Å². The molecule has 8 nitrogen and oxygen atoms in total. The van der Waals surface area contributed by atoms with Crippen LogP contribution in [0.15, 0.2) is 30.3 Å². The van der Waals surface area contributed by atoms with Crippen molar-refractivity contribution in [3.8, 4) is 0 Å². The topological polar surface area (TPSA) is 105 Å². The highest BCUT2D eigenvalue weighted by Gasteiger charge is 2.52. The van der Waals surface area contributed by atoms with E-state index in [-0.39, 0.29) is 0 Å². The first-order valence-corrected chi connectivity index (χ1v) is 9.92. The Bertz CT molecular complexity index is 930. The van der Waals surface area contributed by atoms with Crippen molar-refractivity contribution in [3.05, 3.63) is 35.2 Å². The van der Waals surface area contributed by atoms with Crippen molar-refractivity contribution < 1.29 is 23.9 Å². The number of benzene rings is 1. The Kier molecular flexibility index (Phi) is 4.76. The molecule has 1 aliphatic heterocycles. The minimum absolute atomic E-state index is 0.380. The summed E-state index contributed by atoms with van der Waals surface area (Å²) < 4.78 is 5.97. The van der Waals surface area contributed by atoms with E-state index < -0.39 is 36.0 Å². The van der Waals surface area contributed by atoms with E-state index in [1.54, 1.807) is 6.07 Å². The molecule has 4 rings (SSSR count). The molecule has 0 bridgehead atoms. The summed E-state index contributed by atoms with van der Waals surface area (Å²) in [5, 5.41) is 4.31. The van der Waals surface area contributed by atoms with Crippen LogP contribution in [-0.4, -0.2) is 41.0 Å². The average Bonchev–Trinajstić information content (AvgIpc) is 3.22. The number of hydrogen-bond donors (Lipinski definition) is 2. The third kappa shape index (κ3) is 3.33. The molecule has 1 saturated carbocycles. The van der Waals surface area contributed by atoms with E-state index in [4.69, 9.17) is 4.74 Å². The molecular formula is C19H19N3O5S. The zero-order valence-corrected chi connectivity index (χ0v) is 15.8. The summed E-state index contributed by atoms with van der Waals surface area (Å²) in [4.78, 5) is 49.4. The second-order valence-corrected chi connectivity index (χ2v) is 8.06. The zero-order chi connectivity index (χ0) is 19.7. The van der Waals surface area contributed by atoms with Crippen LogP contribution < -0.4 is 10.7 Å². The fourth-order valence-corrected chi connectivity index (χ4v) is 4.61. The van der Waals surface area contributed by atoms with Crippen LogP contribution in [0.5, 0.6) is 0 Å². The van der Waals surface area contributed by atoms with Gasteiger partial charge in [-0.05, 0) is 30.4 Å². The van der Waals surface area contributed by atoms with Gasteiger partial charge in [0.2, 0.25) is 0 Å². The van der Waals surface area contributed by atoms with Crippen LogP contribution in [0.3, 0.4) is 0 Å². The first-order chi connectivity index (χ1) is 13.5. The zero-order valence-electron chi connectivity index (χ0n) is 15.0. The summed E-state index contributed by atoms with van der Waals surface area (Å²) in [6.07, 6.45) is 3.84. The number of carbonyl (C=O) groups is 4. The first kappa shape index (κ1) is 18.4. The van der Waals surface area contributed by atoms with Crippen molar-refractivity contribution in [2.75, 3.05) is 6.61 Å². The number of nitrogens with zero attached hydrogens (tertiary/aromatic N) is 1. The monoisotopic (exact) mass is 401 g/mol. The van der Waals surface area contributed by atoms with E-state index in [1.807, 2.05) is 24.3 Å². The summed E-state index contributed by atoms with van der Waals surface area (Å²) in [7, 11) is 0. The van der Waals surface area contributed by atoms with Crippen molar-refractivity contribution in [2.24, 2.45) is 0 Å². The van der Waals surface area contributed by atoms with Gasteiger partial charge < -0.3 is 10.1 Å². The van der Waals surface area contributed by atoms with Gasteiger partial charge in [-0.3, -0.25) is 15.0 Å². The number of urea groups is 1. The van der Waals surface area contributed by atoms with Gasteiger partial charge >= 0.3 is 12.0 Å². The van der Waals surface area contributed by atoms with Crippen molar-refractivity contribution >= 4 is 45.2 Å². The van der Waals surface area contributed by atoms with Gasteiger partial charge in [-0.25, -0.2) is 9.59 Å². The van der Waals surface area contributed by atoms with Gasteiger partial charge in [0.15, 0.2) is 6.61 Å². The molecule has 2 heterocycles. The highest BCUT2D eigenvalue weighted by molar-refractivity contribution is 7.20. The van der Waals surface area contributed by atoms with Crippen LogP contribution in [0.25, 0.3) is 10.1 Å². The Morgan fingerprint density at radius 1 is 1.18 bits per heavy atom. The van der Waals surface area contributed by atoms with Crippen LogP contribution in [0.2, 0.25) is 0 Å². The molecule has 146 valence electrons. The molecule has 0 radical (unpaired) electrons. The van der Waals surface area contributed by atoms with Gasteiger partial charge in [0.1, 0.15) is 10.4 Å². The van der Waals surface area contributed by atoms with Gasteiger partial charge in [-0.1, -0.05) is 37.5 Å². The van der Waals surface area contributed by atoms with Crippen molar-refractivity contribution in [1.29, 1.82) is 0 Å². The number of imide groups is 1. The highest BCUT2D eigenvalue weighted by atomic mass is 32.1. The third-order valence-electron chi connectivity index (χ3n) is 5.07. The number of hydrogen-bond acceptors (Lipinski definition) is 6. The number of carbonyl (C=O) groups excluding carboxylic acids is 4. The molecule has 1 aromatic heterocycles. The fraction of sp³-hybridized carbons (Fsp3) is 0.368. The molecular weight excluding hydrogens is 382 g/mol. The summed E-state index contributed by atoms with van der Waals surface area (Å²) in [6, 6.07) is 8.56. The molecule has 28 heavy (non-hydrogen) atoms. The molecule has 2 aliphatic rings. The lowest BCUT2D eigenvalue weighted by Crippen LogP contribution is -2.51. The van der Waals surface area contributed by atoms with Crippen LogP contribution in [-0.2, 0) is 14.3 Å². The highest BCUT2D eigenvalue weighted by Crippen LogP contribution is 2.33. The number of nitrogens with one attached hydrogen (secondary N) is 2. The van der Waals surface area contributed by atoms with Crippen molar-refractivity contribution in [3.63, 3.8) is 0 Å². The van der Waals surface area contributed by atoms with Crippen molar-refractivity contribution in [2.45, 2.75) is 37.6 Å². The largest absolute Gasteiger partial charge is 0.451 e. The van der Waals surface area contributed by atoms with Gasteiger partial charge in [0, 0.05) is 4.70 Å². The molecule has 2 aromatic rings. The predicted octanol–water partition coefficient (Wildman–Crippen LogP) is 2.34. The normalized spacial score (nSPS) is 18.4. The lowest BCUT2D eigenvalue weighted by molar-refractivity contribution is -0.140. The van der Waals surface area contributed by atoms with Crippen molar-refractivity contribution in [1.82, 2.24) is 15.8 Å². The molecule has 1 saturated heterocycles. The minimum Gasteiger partial charge on any atom is -0.451 e. The second-order valence-electron chi connectivity index (χ2n) is 6.97. The van der Waals surface area contributed by atoms with E-state index in [0.29, 0.717) is 22.7 Å². The minimum atomic E-state index is -0.920. The maximum Gasteiger partial charge on any atom is 0.348 e. The Morgan fingerprint density at radius 3 is 2.68 bits per heavy atom. The molecule has 0 atom stereocenters. The molecule has 1 aromatic carbocycles. The maximum atomic E-state index is 12.6. The number of fused-ring (bicyclic) bond motifs is 1. The standard InChI is InChI=1S/C19H19N3O5S/c23-15(11-27-16(24)14-10-12-6-2-3-7-13(12)28-14)21-22-17(25)19(20-18(22)26)8-4-1-5-9-19/h2-3,6-7,10H,1,4-5,8-9,11H2,(H,20,26)(H,21,23). The molecule has 2 fully saturated rings. The lowest BCUT2D eigenvalue weighted by Gasteiger charge is -2.30. The Morgan fingerprint density at radius 2 is 1.93 bits per heavy atom. The Hall–Kier alpha value is -2.94. The van der Waals surface area contributed by atoms with E-state index >= 15 is 0 Å². The van der Waals surface area contributed by atoms with E-state index in [1.165, 1.54) is 11.3 Å². The number of ether oxygens (including phenoxy) is 1. The number of hydrazine groups is 1. The summed E-state index contributed by atoms with van der Waals surface area (Å²) >= 11 is 1.27. The molecule has 9 heteroatoms. The smallest absolute Gasteiger partial charge is 0.348 e. The number of thiophene rings is 1. The van der Waals surface area contributed by atoms with Gasteiger partial charge in [-0.2, -0.15) is 5.01 Å². The Labute approximate surface area is 164 Å². The van der Waals surface area contributed by atoms with Crippen LogP contribution in [0.1, 0.15) is 41.8 Å². The van der Waals surface area contributed by atoms with Crippen LogP contribution >= 0.6 is 11.3 Å². The van der Waals surface area contributed by atoms with E-state index in [9.17, 15) is 19.2 Å². The third-order valence-corrected chi connectivity index (χ3v) is 6.16. The number of rotatable bonds is 4. The maximum absolute atomic E-state index is 12.6. The Balaban J connectivity index is 1.34. The van der Waals surface area contributed by atoms with Crippen LogP contribution in [0.4, 0.5) is 4.79 Å². The average molecular weight is 401 g/mol. The van der Waals surface area contributed by atoms with E-state index in [2.05, 4.69) is 10.7 Å². The lowest BCUT2D eigenvalue weighted by atomic mass is 9.82. The predicted molar refractivity (Wildman–Crippen MR) is 101 cm³/mol. The number of amides is 4. The molecule has 4 amide bonds. The molecule has 2 N–H and O–H groups in total. The summed E-state index contributed by atoms with van der Waals surface area (Å²) in [5.41, 5.74) is 1.32. The second kappa shape index (κ2) is 7.23. The number of esters is 1. The quantitative estimate of drug-likeness (QED) is 0.604. The fourth-order valence-electron chi connectivity index (χ4n) is 3.66. The summed E-state index contributed by atoms with van der Waals surface area (Å²) in [5.74, 6) is -1.83. The molecule has 1 spiro atoms. The molecule has 0 unspecified atom stereocenters. The SMILES string of the molecule is O=C(COC(=O)c1cc2ccccc2s1)NN1C(=O)NC2(CCCCC2)C1=O.